The van der Waals surface area contributed by atoms with E-state index in [-0.39, 0.29) is 11.8 Å². The van der Waals surface area contributed by atoms with Crippen LogP contribution >= 0.6 is 11.8 Å². The summed E-state index contributed by atoms with van der Waals surface area (Å²) >= 11 is 1.92. The summed E-state index contributed by atoms with van der Waals surface area (Å²) < 4.78 is 0. The largest absolute Gasteiger partial charge is 0.353 e. The van der Waals surface area contributed by atoms with Crippen LogP contribution in [0.4, 0.5) is 0 Å². The van der Waals surface area contributed by atoms with Crippen LogP contribution < -0.4 is 11.1 Å². The number of nitrogens with one attached hydrogen (secondary N) is 1. The molecule has 0 spiro atoms. The van der Waals surface area contributed by atoms with Gasteiger partial charge in [0.25, 0.3) is 0 Å². The van der Waals surface area contributed by atoms with Crippen molar-refractivity contribution in [3.8, 4) is 0 Å². The Morgan fingerprint density at radius 3 is 2.71 bits per heavy atom. The highest BCUT2D eigenvalue weighted by Gasteiger charge is 2.26. The van der Waals surface area contributed by atoms with Crippen LogP contribution in [0.15, 0.2) is 0 Å². The number of carbonyl (C=O) groups is 1. The van der Waals surface area contributed by atoms with E-state index in [1.165, 1.54) is 12.8 Å². The molecule has 0 aromatic rings. The van der Waals surface area contributed by atoms with Gasteiger partial charge in [-0.1, -0.05) is 20.3 Å². The predicted molar refractivity (Wildman–Crippen MR) is 75.1 cm³/mol. The molecule has 3 atom stereocenters. The summed E-state index contributed by atoms with van der Waals surface area (Å²) in [6.07, 6.45) is 6.91. The first-order chi connectivity index (χ1) is 8.08. The second kappa shape index (κ2) is 7.27. The van der Waals surface area contributed by atoms with Crippen LogP contribution in [0.1, 0.15) is 39.5 Å². The molecule has 1 aliphatic rings. The third kappa shape index (κ3) is 4.51. The second-order valence-corrected chi connectivity index (χ2v) is 6.45. The fourth-order valence-corrected chi connectivity index (χ4v) is 3.31. The van der Waals surface area contributed by atoms with Gasteiger partial charge >= 0.3 is 0 Å². The highest BCUT2D eigenvalue weighted by atomic mass is 32.2. The Bertz CT molecular complexity index is 246. The lowest BCUT2D eigenvalue weighted by molar-refractivity contribution is -0.126. The topological polar surface area (TPSA) is 55.1 Å². The van der Waals surface area contributed by atoms with E-state index in [4.69, 9.17) is 5.73 Å². The SMILES string of the molecule is CSC1CCCC(NC(=O)C(CN)C(C)C)C1. The van der Waals surface area contributed by atoms with Gasteiger partial charge < -0.3 is 11.1 Å². The van der Waals surface area contributed by atoms with Crippen LogP contribution in [0.2, 0.25) is 0 Å². The van der Waals surface area contributed by atoms with E-state index in [1.54, 1.807) is 0 Å². The summed E-state index contributed by atoms with van der Waals surface area (Å²) in [5.41, 5.74) is 5.67. The molecule has 1 aliphatic carbocycles. The van der Waals surface area contributed by atoms with Crippen molar-refractivity contribution in [2.24, 2.45) is 17.6 Å². The minimum Gasteiger partial charge on any atom is -0.353 e. The van der Waals surface area contributed by atoms with Crippen molar-refractivity contribution < 1.29 is 4.79 Å². The average molecular weight is 258 g/mol. The number of hydrogen-bond donors (Lipinski definition) is 2. The molecule has 0 bridgehead atoms. The normalized spacial score (nSPS) is 26.9. The van der Waals surface area contributed by atoms with Crippen LogP contribution in [0.25, 0.3) is 0 Å². The van der Waals surface area contributed by atoms with Gasteiger partial charge in [0.1, 0.15) is 0 Å². The molecule has 1 rings (SSSR count). The first-order valence-corrected chi connectivity index (χ1v) is 7.90. The summed E-state index contributed by atoms with van der Waals surface area (Å²) in [5.74, 6) is 0.429. The van der Waals surface area contributed by atoms with Gasteiger partial charge in [-0.05, 0) is 31.4 Å². The fourth-order valence-electron chi connectivity index (χ4n) is 2.48. The number of hydrogen-bond acceptors (Lipinski definition) is 3. The predicted octanol–water partition coefficient (Wildman–Crippen LogP) is 2.01. The standard InChI is InChI=1S/C13H26N2OS/c1-9(2)12(8-14)13(16)15-10-5-4-6-11(7-10)17-3/h9-12H,4-8,14H2,1-3H3,(H,15,16). The van der Waals surface area contributed by atoms with E-state index in [9.17, 15) is 4.79 Å². The first kappa shape index (κ1) is 14.8. The monoisotopic (exact) mass is 258 g/mol. The molecular weight excluding hydrogens is 232 g/mol. The minimum atomic E-state index is -0.0374. The van der Waals surface area contributed by atoms with E-state index in [0.717, 1.165) is 12.8 Å². The molecule has 0 aromatic heterocycles. The van der Waals surface area contributed by atoms with Gasteiger partial charge in [-0.2, -0.15) is 11.8 Å². The zero-order chi connectivity index (χ0) is 12.8. The van der Waals surface area contributed by atoms with Crippen LogP contribution in [0.5, 0.6) is 0 Å². The van der Waals surface area contributed by atoms with E-state index in [2.05, 4.69) is 25.4 Å². The lowest BCUT2D eigenvalue weighted by Crippen LogP contribution is -2.45. The van der Waals surface area contributed by atoms with Crippen molar-refractivity contribution >= 4 is 17.7 Å². The number of carbonyl (C=O) groups excluding carboxylic acids is 1. The van der Waals surface area contributed by atoms with Crippen LogP contribution in [0, 0.1) is 11.8 Å². The van der Waals surface area contributed by atoms with Crippen molar-refractivity contribution in [3.05, 3.63) is 0 Å². The van der Waals surface area contributed by atoms with Gasteiger partial charge in [0, 0.05) is 17.8 Å². The molecule has 3 nitrogen and oxygen atoms in total. The molecule has 0 radical (unpaired) electrons. The Hall–Kier alpha value is -0.220. The van der Waals surface area contributed by atoms with E-state index in [0.29, 0.717) is 23.8 Å². The van der Waals surface area contributed by atoms with Gasteiger partial charge in [-0.3, -0.25) is 4.79 Å². The van der Waals surface area contributed by atoms with Gasteiger partial charge in [-0.15, -0.1) is 0 Å². The lowest BCUT2D eigenvalue weighted by Gasteiger charge is -2.30. The zero-order valence-electron chi connectivity index (χ0n) is 11.2. The number of rotatable bonds is 5. The van der Waals surface area contributed by atoms with E-state index in [1.807, 2.05) is 11.8 Å². The third-order valence-electron chi connectivity index (χ3n) is 3.70. The fraction of sp³-hybridized carbons (Fsp3) is 0.923. The van der Waals surface area contributed by atoms with Crippen LogP contribution in [0.3, 0.4) is 0 Å². The smallest absolute Gasteiger partial charge is 0.224 e. The van der Waals surface area contributed by atoms with Gasteiger partial charge in [0.05, 0.1) is 5.92 Å². The molecule has 1 saturated carbocycles. The Kier molecular flexibility index (Phi) is 6.34. The number of nitrogens with two attached hydrogens (primary N) is 1. The highest BCUT2D eigenvalue weighted by molar-refractivity contribution is 7.99. The molecule has 100 valence electrons. The van der Waals surface area contributed by atoms with E-state index < -0.39 is 0 Å². The molecule has 0 aromatic carbocycles. The Morgan fingerprint density at radius 2 is 2.18 bits per heavy atom. The Labute approximate surface area is 109 Å². The summed E-state index contributed by atoms with van der Waals surface area (Å²) in [4.78, 5) is 12.1. The maximum Gasteiger partial charge on any atom is 0.224 e. The maximum atomic E-state index is 12.1. The van der Waals surface area contributed by atoms with Crippen molar-refractivity contribution in [1.82, 2.24) is 5.32 Å². The number of thioether (sulfide) groups is 1. The van der Waals surface area contributed by atoms with Crippen molar-refractivity contribution in [1.29, 1.82) is 0 Å². The first-order valence-electron chi connectivity index (χ1n) is 6.61. The van der Waals surface area contributed by atoms with Gasteiger partial charge in [0.15, 0.2) is 0 Å². The average Bonchev–Trinajstić information content (AvgIpc) is 2.29. The highest BCUT2D eigenvalue weighted by Crippen LogP contribution is 2.27. The molecule has 4 heteroatoms. The van der Waals surface area contributed by atoms with E-state index >= 15 is 0 Å². The molecule has 3 unspecified atom stereocenters. The molecule has 0 heterocycles. The molecule has 1 amide bonds. The summed E-state index contributed by atoms with van der Waals surface area (Å²) in [5, 5.41) is 3.90. The third-order valence-corrected chi connectivity index (χ3v) is 4.80. The lowest BCUT2D eigenvalue weighted by atomic mass is 9.91. The molecular formula is C13H26N2OS. The Morgan fingerprint density at radius 1 is 1.47 bits per heavy atom. The summed E-state index contributed by atoms with van der Waals surface area (Å²) in [6.45, 7) is 4.56. The molecule has 0 aliphatic heterocycles. The van der Waals surface area contributed by atoms with Gasteiger partial charge in [0.2, 0.25) is 5.91 Å². The molecule has 1 fully saturated rings. The number of amides is 1. The molecule has 0 saturated heterocycles. The quantitative estimate of drug-likeness (QED) is 0.793. The van der Waals surface area contributed by atoms with Crippen LogP contribution in [-0.4, -0.2) is 30.0 Å². The van der Waals surface area contributed by atoms with Gasteiger partial charge in [-0.25, -0.2) is 0 Å². The zero-order valence-corrected chi connectivity index (χ0v) is 12.1. The molecule has 3 N–H and O–H groups in total. The maximum absolute atomic E-state index is 12.1. The van der Waals surface area contributed by atoms with Crippen LogP contribution in [-0.2, 0) is 4.79 Å². The van der Waals surface area contributed by atoms with Crippen molar-refractivity contribution in [2.45, 2.75) is 50.8 Å². The molecule has 17 heavy (non-hydrogen) atoms. The minimum absolute atomic E-state index is 0.0374. The summed E-state index contributed by atoms with van der Waals surface area (Å²) in [6, 6.07) is 0.362. The van der Waals surface area contributed by atoms with Crippen molar-refractivity contribution in [2.75, 3.05) is 12.8 Å². The van der Waals surface area contributed by atoms with Crippen molar-refractivity contribution in [3.63, 3.8) is 0 Å². The summed E-state index contributed by atoms with van der Waals surface area (Å²) in [7, 11) is 0. The Balaban J connectivity index is 2.44. The second-order valence-electron chi connectivity index (χ2n) is 5.32.